The van der Waals surface area contributed by atoms with Crippen molar-refractivity contribution in [2.75, 3.05) is 43.5 Å². The van der Waals surface area contributed by atoms with Crippen molar-refractivity contribution in [2.24, 2.45) is 5.92 Å². The molecule has 4 N–H and O–H groups in total. The van der Waals surface area contributed by atoms with Gasteiger partial charge in [-0.25, -0.2) is 9.97 Å². The van der Waals surface area contributed by atoms with Crippen molar-refractivity contribution < 1.29 is 9.84 Å². The van der Waals surface area contributed by atoms with Crippen LogP contribution in [0.4, 0.5) is 11.6 Å². The first-order valence-corrected chi connectivity index (χ1v) is 12.6. The van der Waals surface area contributed by atoms with Gasteiger partial charge < -0.3 is 25.8 Å². The number of nitrogens with zero attached hydrogens (tertiary/aromatic N) is 2. The van der Waals surface area contributed by atoms with Crippen molar-refractivity contribution in [1.82, 2.24) is 15.3 Å². The van der Waals surface area contributed by atoms with Gasteiger partial charge in [-0.05, 0) is 62.6 Å². The molecule has 33 heavy (non-hydrogen) atoms. The van der Waals surface area contributed by atoms with Crippen molar-refractivity contribution in [3.63, 3.8) is 0 Å². The maximum Gasteiger partial charge on any atom is 0.126 e. The Morgan fingerprint density at radius 1 is 0.970 bits per heavy atom. The van der Waals surface area contributed by atoms with Crippen molar-refractivity contribution >= 4 is 34.8 Å². The third kappa shape index (κ3) is 6.93. The lowest BCUT2D eigenvalue weighted by Crippen LogP contribution is -2.38. The zero-order chi connectivity index (χ0) is 23.0. The van der Waals surface area contributed by atoms with Crippen molar-refractivity contribution in [2.45, 2.75) is 50.6 Å². The predicted molar refractivity (Wildman–Crippen MR) is 134 cm³/mol. The number of halogens is 2. The Morgan fingerprint density at radius 2 is 1.73 bits per heavy atom. The van der Waals surface area contributed by atoms with Crippen LogP contribution in [0.2, 0.25) is 10.0 Å². The van der Waals surface area contributed by atoms with Gasteiger partial charge >= 0.3 is 0 Å². The average molecular weight is 494 g/mol. The van der Waals surface area contributed by atoms with E-state index in [1.165, 1.54) is 0 Å². The first kappa shape index (κ1) is 24.5. The van der Waals surface area contributed by atoms with Crippen LogP contribution in [0, 0.1) is 5.92 Å². The minimum atomic E-state index is 0.179. The maximum absolute atomic E-state index is 9.00. The van der Waals surface area contributed by atoms with Crippen molar-refractivity contribution in [3.05, 3.63) is 34.4 Å². The topological polar surface area (TPSA) is 91.3 Å². The van der Waals surface area contributed by atoms with Crippen LogP contribution < -0.4 is 16.0 Å². The third-order valence-electron chi connectivity index (χ3n) is 6.49. The molecule has 7 nitrogen and oxygen atoms in total. The molecule has 0 aromatic carbocycles. The van der Waals surface area contributed by atoms with E-state index in [2.05, 4.69) is 20.9 Å². The van der Waals surface area contributed by atoms with Gasteiger partial charge in [0.05, 0.1) is 22.3 Å². The fourth-order valence-corrected chi connectivity index (χ4v) is 4.95. The van der Waals surface area contributed by atoms with E-state index >= 15 is 0 Å². The van der Waals surface area contributed by atoms with E-state index in [9.17, 15) is 0 Å². The molecule has 2 aromatic heterocycles. The molecule has 0 radical (unpaired) electrons. The number of pyridine rings is 2. The lowest BCUT2D eigenvalue weighted by Gasteiger charge is -2.30. The normalized spacial score (nSPS) is 21.7. The smallest absolute Gasteiger partial charge is 0.126 e. The van der Waals surface area contributed by atoms with Gasteiger partial charge in [0, 0.05) is 50.1 Å². The molecule has 1 saturated carbocycles. The Balaban J connectivity index is 1.41. The number of anilines is 2. The van der Waals surface area contributed by atoms with E-state index in [1.807, 2.05) is 18.2 Å². The summed E-state index contributed by atoms with van der Waals surface area (Å²) in [5.74, 6) is 2.16. The molecule has 0 atom stereocenters. The largest absolute Gasteiger partial charge is 0.395 e. The lowest BCUT2D eigenvalue weighted by atomic mass is 9.91. The molecule has 0 bridgehead atoms. The number of nitrogens with one attached hydrogen (secondary N) is 3. The second kappa shape index (κ2) is 12.2. The van der Waals surface area contributed by atoms with Gasteiger partial charge in [-0.2, -0.15) is 0 Å². The molecule has 180 valence electrons. The van der Waals surface area contributed by atoms with Crippen LogP contribution in [-0.2, 0) is 4.74 Å². The molecular weight excluding hydrogens is 461 g/mol. The van der Waals surface area contributed by atoms with Gasteiger partial charge in [0.2, 0.25) is 0 Å². The summed E-state index contributed by atoms with van der Waals surface area (Å²) in [4.78, 5) is 9.26. The molecule has 1 saturated heterocycles. The number of hydrogen-bond donors (Lipinski definition) is 4. The van der Waals surface area contributed by atoms with Gasteiger partial charge in [-0.3, -0.25) is 0 Å². The third-order valence-corrected chi connectivity index (χ3v) is 7.10. The highest BCUT2D eigenvalue weighted by molar-refractivity contribution is 6.36. The first-order chi connectivity index (χ1) is 16.1. The predicted octanol–water partition coefficient (Wildman–Crippen LogP) is 4.59. The molecule has 9 heteroatoms. The fourth-order valence-electron chi connectivity index (χ4n) is 4.55. The Bertz CT molecular complexity index is 902. The van der Waals surface area contributed by atoms with Crippen LogP contribution >= 0.6 is 23.2 Å². The summed E-state index contributed by atoms with van der Waals surface area (Å²) in [5.41, 5.74) is 1.42. The zero-order valence-corrected chi connectivity index (χ0v) is 20.3. The maximum atomic E-state index is 9.00. The van der Waals surface area contributed by atoms with E-state index in [0.717, 1.165) is 75.5 Å². The molecule has 2 aromatic rings. The summed E-state index contributed by atoms with van der Waals surface area (Å²) in [6.45, 7) is 3.36. The van der Waals surface area contributed by atoms with Crippen LogP contribution in [0.1, 0.15) is 38.5 Å². The molecule has 4 rings (SSSR count). The fraction of sp³-hybridized carbons (Fsp3) is 0.583. The summed E-state index contributed by atoms with van der Waals surface area (Å²) in [6.07, 6.45) is 8.04. The molecule has 1 aliphatic carbocycles. The number of aliphatic hydroxyl groups excluding tert-OH is 1. The number of ether oxygens (including phenoxy) is 1. The summed E-state index contributed by atoms with van der Waals surface area (Å²) in [7, 11) is 0. The van der Waals surface area contributed by atoms with Crippen LogP contribution in [0.3, 0.4) is 0 Å². The SMILES string of the molecule is OCCN[C@H]1CC[C@H](Nc2cc(-c3nc(NCC4CCOCC4)ccc3Cl)c(Cl)cn2)CC1. The van der Waals surface area contributed by atoms with Gasteiger partial charge in [0.15, 0.2) is 0 Å². The minimum absolute atomic E-state index is 0.179. The van der Waals surface area contributed by atoms with Gasteiger partial charge in [-0.1, -0.05) is 23.2 Å². The molecular formula is C24H33Cl2N5O2. The number of aromatic nitrogens is 2. The summed E-state index contributed by atoms with van der Waals surface area (Å²) >= 11 is 13.0. The summed E-state index contributed by atoms with van der Waals surface area (Å²) in [6, 6.07) is 6.54. The Kier molecular flexibility index (Phi) is 9.03. The van der Waals surface area contributed by atoms with Crippen molar-refractivity contribution in [1.29, 1.82) is 0 Å². The highest BCUT2D eigenvalue weighted by Crippen LogP contribution is 2.34. The second-order valence-corrected chi connectivity index (χ2v) is 9.70. The Labute approximate surface area is 205 Å². The quantitative estimate of drug-likeness (QED) is 0.405. The molecule has 0 spiro atoms. The van der Waals surface area contributed by atoms with Gasteiger partial charge in [-0.15, -0.1) is 0 Å². The van der Waals surface area contributed by atoms with E-state index < -0.39 is 0 Å². The highest BCUT2D eigenvalue weighted by atomic mass is 35.5. The molecule has 2 aliphatic rings. The highest BCUT2D eigenvalue weighted by Gasteiger charge is 2.21. The van der Waals surface area contributed by atoms with Crippen molar-refractivity contribution in [3.8, 4) is 11.3 Å². The monoisotopic (exact) mass is 493 g/mol. The molecule has 1 aliphatic heterocycles. The van der Waals surface area contributed by atoms with Crippen LogP contribution in [0.5, 0.6) is 0 Å². The molecule has 0 unspecified atom stereocenters. The standard InChI is InChI=1S/C24H33Cl2N5O2/c25-20-5-6-22(28-14-16-7-11-33-12-8-16)31-24(20)19-13-23(29-15-21(19)26)30-18-3-1-17(2-4-18)27-9-10-32/h5-6,13,15-18,27,32H,1-4,7-12,14H2,(H,28,31)(H,29,30)/t17-,18-. The van der Waals surface area contributed by atoms with Gasteiger partial charge in [0.1, 0.15) is 11.6 Å². The van der Waals surface area contributed by atoms with Crippen LogP contribution in [-0.4, -0.2) is 60.1 Å². The molecule has 3 heterocycles. The number of aliphatic hydroxyl groups is 1. The van der Waals surface area contributed by atoms with E-state index in [4.69, 9.17) is 38.0 Å². The minimum Gasteiger partial charge on any atom is -0.395 e. The zero-order valence-electron chi connectivity index (χ0n) is 18.8. The first-order valence-electron chi connectivity index (χ1n) is 11.9. The van der Waals surface area contributed by atoms with E-state index in [-0.39, 0.29) is 6.61 Å². The van der Waals surface area contributed by atoms with E-state index in [0.29, 0.717) is 40.3 Å². The average Bonchev–Trinajstić information content (AvgIpc) is 2.85. The van der Waals surface area contributed by atoms with Crippen LogP contribution in [0.15, 0.2) is 24.4 Å². The van der Waals surface area contributed by atoms with Gasteiger partial charge in [0.25, 0.3) is 0 Å². The number of hydrogen-bond acceptors (Lipinski definition) is 7. The number of rotatable bonds is 9. The summed E-state index contributed by atoms with van der Waals surface area (Å²) < 4.78 is 5.44. The second-order valence-electron chi connectivity index (χ2n) is 8.88. The Morgan fingerprint density at radius 3 is 2.48 bits per heavy atom. The van der Waals surface area contributed by atoms with E-state index in [1.54, 1.807) is 6.20 Å². The lowest BCUT2D eigenvalue weighted by molar-refractivity contribution is 0.0699. The molecule has 0 amide bonds. The Hall–Kier alpha value is -1.64. The molecule has 2 fully saturated rings. The van der Waals surface area contributed by atoms with Crippen LogP contribution in [0.25, 0.3) is 11.3 Å². The summed E-state index contributed by atoms with van der Waals surface area (Å²) in [5, 5.41) is 20.5.